The third-order valence-electron chi connectivity index (χ3n) is 6.48. The van der Waals surface area contributed by atoms with Gasteiger partial charge in [0.05, 0.1) is 17.5 Å². The van der Waals surface area contributed by atoms with Gasteiger partial charge < -0.3 is 10.2 Å². The molecule has 2 aromatic carbocycles. The second-order valence-corrected chi connectivity index (χ2v) is 8.84. The molecule has 4 aromatic rings. The molecule has 1 fully saturated rings. The van der Waals surface area contributed by atoms with Crippen LogP contribution in [-0.2, 0) is 13.2 Å². The molecule has 1 aliphatic rings. The maximum absolute atomic E-state index is 14.3. The maximum Gasteiger partial charge on any atom is 0.416 e. The SMILES string of the molecule is Cn1c(N2CCN[C@@H](c3ccc(-c4ccc(C(F)(F)F)cc4)cc3)C2)nc(-c2ccncc2F)cc1=O. The fourth-order valence-electron chi connectivity index (χ4n) is 4.45. The number of halogens is 4. The highest BCUT2D eigenvalue weighted by Crippen LogP contribution is 2.31. The first kappa shape index (κ1) is 24.6. The number of hydrogen-bond acceptors (Lipinski definition) is 5. The molecular formula is C27H23F4N5O. The van der Waals surface area contributed by atoms with Crippen molar-refractivity contribution in [2.45, 2.75) is 12.2 Å². The lowest BCUT2D eigenvalue weighted by Gasteiger charge is -2.35. The van der Waals surface area contributed by atoms with Gasteiger partial charge in [-0.05, 0) is 34.9 Å². The molecule has 190 valence electrons. The summed E-state index contributed by atoms with van der Waals surface area (Å²) in [5, 5.41) is 3.46. The zero-order valence-corrected chi connectivity index (χ0v) is 19.8. The molecule has 0 amide bonds. The second kappa shape index (κ2) is 9.78. The summed E-state index contributed by atoms with van der Waals surface area (Å²) in [5.41, 5.74) is 1.96. The Morgan fingerprint density at radius 3 is 2.32 bits per heavy atom. The Kier molecular flexibility index (Phi) is 6.51. The molecule has 1 atom stereocenters. The van der Waals surface area contributed by atoms with Crippen LogP contribution in [0.25, 0.3) is 22.4 Å². The highest BCUT2D eigenvalue weighted by atomic mass is 19.4. The summed E-state index contributed by atoms with van der Waals surface area (Å²) in [6.07, 6.45) is -1.83. The molecule has 0 unspecified atom stereocenters. The monoisotopic (exact) mass is 509 g/mol. The number of rotatable bonds is 4. The first-order chi connectivity index (χ1) is 17.7. The van der Waals surface area contributed by atoms with E-state index in [9.17, 15) is 22.4 Å². The van der Waals surface area contributed by atoms with Gasteiger partial charge in [0.15, 0.2) is 5.82 Å². The summed E-state index contributed by atoms with van der Waals surface area (Å²) in [5.74, 6) is -0.118. The van der Waals surface area contributed by atoms with E-state index in [0.717, 1.165) is 29.5 Å². The van der Waals surface area contributed by atoms with Gasteiger partial charge in [-0.15, -0.1) is 0 Å². The van der Waals surface area contributed by atoms with Gasteiger partial charge in [-0.25, -0.2) is 9.37 Å². The Bertz CT molecular complexity index is 1470. The average molecular weight is 510 g/mol. The largest absolute Gasteiger partial charge is 0.416 e. The predicted octanol–water partition coefficient (Wildman–Crippen LogP) is 4.82. The van der Waals surface area contributed by atoms with Crippen LogP contribution in [0, 0.1) is 5.82 Å². The lowest BCUT2D eigenvalue weighted by atomic mass is 9.99. The van der Waals surface area contributed by atoms with Crippen molar-refractivity contribution < 1.29 is 17.6 Å². The number of piperazine rings is 1. The summed E-state index contributed by atoms with van der Waals surface area (Å²) in [7, 11) is 1.63. The Hall–Kier alpha value is -4.05. The molecule has 0 saturated carbocycles. The van der Waals surface area contributed by atoms with Gasteiger partial charge in [0.2, 0.25) is 5.95 Å². The van der Waals surface area contributed by atoms with Crippen LogP contribution in [0.5, 0.6) is 0 Å². The molecule has 1 N–H and O–H groups in total. The van der Waals surface area contributed by atoms with E-state index in [1.807, 2.05) is 29.2 Å². The lowest BCUT2D eigenvalue weighted by Crippen LogP contribution is -2.47. The van der Waals surface area contributed by atoms with E-state index in [2.05, 4.69) is 15.3 Å². The van der Waals surface area contributed by atoms with Crippen LogP contribution in [0.1, 0.15) is 17.2 Å². The molecular weight excluding hydrogens is 486 g/mol. The Labute approximate surface area is 210 Å². The van der Waals surface area contributed by atoms with Crippen LogP contribution in [-0.4, -0.2) is 34.2 Å². The van der Waals surface area contributed by atoms with Gasteiger partial charge >= 0.3 is 6.18 Å². The number of pyridine rings is 1. The topological polar surface area (TPSA) is 63.1 Å². The van der Waals surface area contributed by atoms with Crippen LogP contribution in [0.2, 0.25) is 0 Å². The van der Waals surface area contributed by atoms with E-state index in [4.69, 9.17) is 0 Å². The van der Waals surface area contributed by atoms with Crippen LogP contribution >= 0.6 is 0 Å². The molecule has 37 heavy (non-hydrogen) atoms. The van der Waals surface area contributed by atoms with Gasteiger partial charge in [0.25, 0.3) is 5.56 Å². The first-order valence-electron chi connectivity index (χ1n) is 11.6. The van der Waals surface area contributed by atoms with E-state index in [-0.39, 0.29) is 22.9 Å². The predicted molar refractivity (Wildman–Crippen MR) is 133 cm³/mol. The van der Waals surface area contributed by atoms with Gasteiger partial charge in [0, 0.05) is 50.6 Å². The van der Waals surface area contributed by atoms with Gasteiger partial charge in [-0.3, -0.25) is 14.3 Å². The average Bonchev–Trinajstić information content (AvgIpc) is 2.90. The maximum atomic E-state index is 14.3. The zero-order chi connectivity index (χ0) is 26.2. The zero-order valence-electron chi connectivity index (χ0n) is 19.8. The molecule has 10 heteroatoms. The van der Waals surface area contributed by atoms with Crippen molar-refractivity contribution in [3.05, 3.63) is 100 Å². The smallest absolute Gasteiger partial charge is 0.339 e. The second-order valence-electron chi connectivity index (χ2n) is 8.84. The third-order valence-corrected chi connectivity index (χ3v) is 6.48. The summed E-state index contributed by atoms with van der Waals surface area (Å²) in [6.45, 7) is 1.75. The molecule has 0 spiro atoms. The number of aromatic nitrogens is 3. The third kappa shape index (κ3) is 5.10. The normalized spacial score (nSPS) is 16.1. The minimum absolute atomic E-state index is 0.0753. The van der Waals surface area contributed by atoms with E-state index in [1.54, 1.807) is 7.05 Å². The van der Waals surface area contributed by atoms with Crippen molar-refractivity contribution in [1.82, 2.24) is 19.9 Å². The molecule has 1 saturated heterocycles. The Balaban J connectivity index is 1.37. The van der Waals surface area contributed by atoms with Crippen molar-refractivity contribution in [2.75, 3.05) is 24.5 Å². The van der Waals surface area contributed by atoms with Crippen molar-refractivity contribution >= 4 is 5.95 Å². The number of nitrogens with zero attached hydrogens (tertiary/aromatic N) is 4. The lowest BCUT2D eigenvalue weighted by molar-refractivity contribution is -0.137. The number of benzene rings is 2. The van der Waals surface area contributed by atoms with E-state index in [0.29, 0.717) is 31.1 Å². The molecule has 0 radical (unpaired) electrons. The number of anilines is 1. The first-order valence-corrected chi connectivity index (χ1v) is 11.6. The highest BCUT2D eigenvalue weighted by Gasteiger charge is 2.30. The highest BCUT2D eigenvalue weighted by molar-refractivity contribution is 5.64. The molecule has 6 nitrogen and oxygen atoms in total. The van der Waals surface area contributed by atoms with Crippen LogP contribution < -0.4 is 15.8 Å². The minimum Gasteiger partial charge on any atom is -0.339 e. The van der Waals surface area contributed by atoms with E-state index in [1.165, 1.54) is 35.0 Å². The number of alkyl halides is 3. The minimum atomic E-state index is -4.37. The number of hydrogen-bond donors (Lipinski definition) is 1. The van der Waals surface area contributed by atoms with Crippen LogP contribution in [0.3, 0.4) is 0 Å². The van der Waals surface area contributed by atoms with Gasteiger partial charge in [-0.1, -0.05) is 36.4 Å². The fourth-order valence-corrected chi connectivity index (χ4v) is 4.45. The fraction of sp³-hybridized carbons (Fsp3) is 0.222. The molecule has 0 aliphatic carbocycles. The van der Waals surface area contributed by atoms with Crippen molar-refractivity contribution in [3.8, 4) is 22.4 Å². The molecule has 3 heterocycles. The van der Waals surface area contributed by atoms with Crippen molar-refractivity contribution in [2.24, 2.45) is 7.05 Å². The number of nitrogens with one attached hydrogen (secondary N) is 1. The molecule has 1 aliphatic heterocycles. The standard InChI is InChI=1S/C27H23F4N5O/c1-35-25(37)14-23(21-10-11-32-15-22(21)28)34-26(35)36-13-12-33-24(16-36)19-4-2-17(3-5-19)18-6-8-20(9-7-18)27(29,30)31/h2-11,14-15,24,33H,12-13,16H2,1H3/t24-/m1/s1. The summed E-state index contributed by atoms with van der Waals surface area (Å²) < 4.78 is 54.3. The van der Waals surface area contributed by atoms with Crippen LogP contribution in [0.15, 0.2) is 77.9 Å². The molecule has 5 rings (SSSR count). The van der Waals surface area contributed by atoms with Gasteiger partial charge in [0.1, 0.15) is 0 Å². The molecule has 0 bridgehead atoms. The van der Waals surface area contributed by atoms with Crippen LogP contribution in [0.4, 0.5) is 23.5 Å². The summed E-state index contributed by atoms with van der Waals surface area (Å²) in [6, 6.07) is 15.4. The van der Waals surface area contributed by atoms with Gasteiger partial charge in [-0.2, -0.15) is 13.2 Å². The Morgan fingerprint density at radius 1 is 1.00 bits per heavy atom. The quantitative estimate of drug-likeness (QED) is 0.400. The van der Waals surface area contributed by atoms with Crippen molar-refractivity contribution in [1.29, 1.82) is 0 Å². The van der Waals surface area contributed by atoms with E-state index < -0.39 is 17.6 Å². The molecule has 2 aromatic heterocycles. The Morgan fingerprint density at radius 2 is 1.68 bits per heavy atom. The summed E-state index contributed by atoms with van der Waals surface area (Å²) >= 11 is 0. The van der Waals surface area contributed by atoms with E-state index >= 15 is 0 Å². The summed E-state index contributed by atoms with van der Waals surface area (Å²) in [4.78, 5) is 23.0. The van der Waals surface area contributed by atoms with Crippen molar-refractivity contribution in [3.63, 3.8) is 0 Å².